The van der Waals surface area contributed by atoms with Gasteiger partial charge in [0.1, 0.15) is 0 Å². The summed E-state index contributed by atoms with van der Waals surface area (Å²) >= 11 is 6.10. The van der Waals surface area contributed by atoms with Crippen molar-refractivity contribution in [1.82, 2.24) is 10.6 Å². The summed E-state index contributed by atoms with van der Waals surface area (Å²) in [7, 11) is 3.07. The third-order valence-corrected chi connectivity index (χ3v) is 3.42. The van der Waals surface area contributed by atoms with Gasteiger partial charge in [0, 0.05) is 25.2 Å². The molecule has 0 saturated carbocycles. The first-order valence-electron chi connectivity index (χ1n) is 6.84. The van der Waals surface area contributed by atoms with Crippen LogP contribution in [0.5, 0.6) is 0 Å². The quantitative estimate of drug-likeness (QED) is 0.478. The van der Waals surface area contributed by atoms with Gasteiger partial charge >= 0.3 is 5.97 Å². The van der Waals surface area contributed by atoms with Crippen LogP contribution in [-0.4, -0.2) is 39.2 Å². The Balaban J connectivity index is 2.35. The maximum atomic E-state index is 11.3. The Morgan fingerprint density at radius 3 is 2.71 bits per heavy atom. The Bertz CT molecular complexity index is 492. The van der Waals surface area contributed by atoms with Gasteiger partial charge in [-0.2, -0.15) is 0 Å². The van der Waals surface area contributed by atoms with E-state index in [4.69, 9.17) is 11.6 Å². The van der Waals surface area contributed by atoms with Crippen LogP contribution >= 0.6 is 11.6 Å². The van der Waals surface area contributed by atoms with Crippen molar-refractivity contribution in [1.29, 1.82) is 0 Å². The van der Waals surface area contributed by atoms with Gasteiger partial charge in [0.25, 0.3) is 0 Å². The fourth-order valence-electron chi connectivity index (χ4n) is 1.77. The predicted octanol–water partition coefficient (Wildman–Crippen LogP) is 1.86. The monoisotopic (exact) mass is 311 g/mol. The molecule has 0 spiro atoms. The average molecular weight is 312 g/mol. The second-order valence-electron chi connectivity index (χ2n) is 4.65. The number of carbonyl (C=O) groups is 1. The highest BCUT2D eigenvalue weighted by Crippen LogP contribution is 2.14. The van der Waals surface area contributed by atoms with E-state index in [1.807, 2.05) is 24.3 Å². The molecule has 1 rings (SSSR count). The molecule has 0 aromatic heterocycles. The molecule has 5 nitrogen and oxygen atoms in total. The second-order valence-corrected chi connectivity index (χ2v) is 5.05. The lowest BCUT2D eigenvalue weighted by Crippen LogP contribution is -2.41. The Kier molecular flexibility index (Phi) is 7.61. The average Bonchev–Trinajstić information content (AvgIpc) is 2.51. The molecule has 1 aromatic carbocycles. The maximum Gasteiger partial charge on any atom is 0.310 e. The predicted molar refractivity (Wildman–Crippen MR) is 85.7 cm³/mol. The van der Waals surface area contributed by atoms with Crippen LogP contribution in [0.2, 0.25) is 5.02 Å². The van der Waals surface area contributed by atoms with Gasteiger partial charge in [-0.05, 0) is 18.1 Å². The molecule has 116 valence electrons. The van der Waals surface area contributed by atoms with Gasteiger partial charge < -0.3 is 15.4 Å². The molecule has 0 heterocycles. The van der Waals surface area contributed by atoms with E-state index in [1.165, 1.54) is 7.11 Å². The van der Waals surface area contributed by atoms with Crippen LogP contribution in [0, 0.1) is 5.92 Å². The zero-order chi connectivity index (χ0) is 15.7. The molecule has 1 unspecified atom stereocenters. The van der Waals surface area contributed by atoms with Crippen LogP contribution in [0.1, 0.15) is 12.5 Å². The molecule has 21 heavy (non-hydrogen) atoms. The van der Waals surface area contributed by atoms with Crippen molar-refractivity contribution in [2.45, 2.75) is 13.3 Å². The number of hydrogen-bond donors (Lipinski definition) is 2. The molecule has 0 bridgehead atoms. The van der Waals surface area contributed by atoms with Crippen LogP contribution in [0.4, 0.5) is 0 Å². The van der Waals surface area contributed by atoms with Crippen LogP contribution < -0.4 is 10.6 Å². The van der Waals surface area contributed by atoms with Gasteiger partial charge in [0.05, 0.1) is 13.0 Å². The van der Waals surface area contributed by atoms with E-state index in [2.05, 4.69) is 20.4 Å². The summed E-state index contributed by atoms with van der Waals surface area (Å²) in [5.74, 6) is 0.184. The topological polar surface area (TPSA) is 62.7 Å². The molecule has 0 fully saturated rings. The van der Waals surface area contributed by atoms with Crippen LogP contribution in [-0.2, 0) is 16.0 Å². The number of rotatable bonds is 6. The summed E-state index contributed by atoms with van der Waals surface area (Å²) in [5, 5.41) is 7.04. The molecular weight excluding hydrogens is 290 g/mol. The fraction of sp³-hybridized carbons (Fsp3) is 0.467. The minimum absolute atomic E-state index is 0.225. The van der Waals surface area contributed by atoms with Crippen molar-refractivity contribution < 1.29 is 9.53 Å². The number of ether oxygens (including phenoxy) is 1. The lowest BCUT2D eigenvalue weighted by molar-refractivity contribution is -0.144. The van der Waals surface area contributed by atoms with Crippen molar-refractivity contribution in [2.24, 2.45) is 10.9 Å². The number of hydrogen-bond acceptors (Lipinski definition) is 3. The lowest BCUT2D eigenvalue weighted by atomic mass is 10.1. The standard InChI is InChI=1S/C15H22ClN3O2/c1-11(14(20)21-3)10-19-15(17-2)18-9-8-12-6-4-5-7-13(12)16/h4-7,11H,8-10H2,1-3H3,(H2,17,18,19). The van der Waals surface area contributed by atoms with E-state index in [0.29, 0.717) is 19.0 Å². The van der Waals surface area contributed by atoms with Gasteiger partial charge in [0.15, 0.2) is 5.96 Å². The van der Waals surface area contributed by atoms with E-state index >= 15 is 0 Å². The highest BCUT2D eigenvalue weighted by molar-refractivity contribution is 6.31. The summed E-state index contributed by atoms with van der Waals surface area (Å²) in [6, 6.07) is 7.75. The highest BCUT2D eigenvalue weighted by Gasteiger charge is 2.13. The summed E-state index contributed by atoms with van der Waals surface area (Å²) < 4.78 is 4.68. The molecule has 1 atom stereocenters. The summed E-state index contributed by atoms with van der Waals surface area (Å²) in [5.41, 5.74) is 1.09. The van der Waals surface area contributed by atoms with E-state index in [1.54, 1.807) is 14.0 Å². The molecule has 1 aromatic rings. The largest absolute Gasteiger partial charge is 0.469 e. The minimum atomic E-state index is -0.242. The SMILES string of the molecule is CN=C(NCCc1ccccc1Cl)NCC(C)C(=O)OC. The number of benzene rings is 1. The number of guanidine groups is 1. The molecule has 0 aliphatic carbocycles. The maximum absolute atomic E-state index is 11.3. The minimum Gasteiger partial charge on any atom is -0.469 e. The molecule has 0 aliphatic rings. The number of carbonyl (C=O) groups excluding carboxylic acids is 1. The zero-order valence-electron chi connectivity index (χ0n) is 12.6. The van der Waals surface area contributed by atoms with E-state index in [9.17, 15) is 4.79 Å². The van der Waals surface area contributed by atoms with Gasteiger partial charge in [-0.25, -0.2) is 0 Å². The Morgan fingerprint density at radius 1 is 1.38 bits per heavy atom. The smallest absolute Gasteiger partial charge is 0.310 e. The third kappa shape index (κ3) is 6.04. The first-order chi connectivity index (χ1) is 10.1. The molecule has 0 saturated heterocycles. The normalized spacial score (nSPS) is 12.7. The Morgan fingerprint density at radius 2 is 2.10 bits per heavy atom. The molecule has 0 amide bonds. The number of nitrogens with one attached hydrogen (secondary N) is 2. The van der Waals surface area contributed by atoms with Crippen molar-refractivity contribution in [3.05, 3.63) is 34.9 Å². The first-order valence-corrected chi connectivity index (χ1v) is 7.22. The Hall–Kier alpha value is -1.75. The Labute approximate surface area is 130 Å². The highest BCUT2D eigenvalue weighted by atomic mass is 35.5. The molecule has 2 N–H and O–H groups in total. The second kappa shape index (κ2) is 9.23. The van der Waals surface area contributed by atoms with E-state index in [-0.39, 0.29) is 11.9 Å². The zero-order valence-corrected chi connectivity index (χ0v) is 13.4. The van der Waals surface area contributed by atoms with Crippen molar-refractivity contribution >= 4 is 23.5 Å². The van der Waals surface area contributed by atoms with E-state index in [0.717, 1.165) is 17.0 Å². The first kappa shape index (κ1) is 17.3. The summed E-state index contributed by atoms with van der Waals surface area (Å²) in [6.45, 7) is 2.98. The van der Waals surface area contributed by atoms with Crippen LogP contribution in [0.15, 0.2) is 29.3 Å². The molecular formula is C15H22ClN3O2. The van der Waals surface area contributed by atoms with Crippen LogP contribution in [0.25, 0.3) is 0 Å². The summed E-state index contributed by atoms with van der Waals surface area (Å²) in [6.07, 6.45) is 0.799. The van der Waals surface area contributed by atoms with Gasteiger partial charge in [-0.3, -0.25) is 9.79 Å². The van der Waals surface area contributed by atoms with E-state index < -0.39 is 0 Å². The fourth-order valence-corrected chi connectivity index (χ4v) is 2.00. The van der Waals surface area contributed by atoms with Crippen molar-refractivity contribution in [3.8, 4) is 0 Å². The van der Waals surface area contributed by atoms with Crippen molar-refractivity contribution in [3.63, 3.8) is 0 Å². The molecule has 0 aliphatic heterocycles. The molecule has 6 heteroatoms. The number of halogens is 1. The molecule has 0 radical (unpaired) electrons. The number of aliphatic imine (C=N–C) groups is 1. The lowest BCUT2D eigenvalue weighted by Gasteiger charge is -2.14. The third-order valence-electron chi connectivity index (χ3n) is 3.05. The van der Waals surface area contributed by atoms with Gasteiger partial charge in [-0.1, -0.05) is 36.7 Å². The van der Waals surface area contributed by atoms with Crippen LogP contribution in [0.3, 0.4) is 0 Å². The number of nitrogens with zero attached hydrogens (tertiary/aromatic N) is 1. The van der Waals surface area contributed by atoms with Gasteiger partial charge in [0.2, 0.25) is 0 Å². The number of esters is 1. The van der Waals surface area contributed by atoms with Gasteiger partial charge in [-0.15, -0.1) is 0 Å². The van der Waals surface area contributed by atoms with Crippen molar-refractivity contribution in [2.75, 3.05) is 27.2 Å². The summed E-state index contributed by atoms with van der Waals surface area (Å²) in [4.78, 5) is 15.4. The number of methoxy groups -OCH3 is 1.